The highest BCUT2D eigenvalue weighted by Crippen LogP contribution is 2.21. The first kappa shape index (κ1) is 16.0. The Hall–Kier alpha value is -2.07. The van der Waals surface area contributed by atoms with Crippen LogP contribution in [0, 0.1) is 11.3 Å². The molecule has 1 aromatic carbocycles. The van der Waals surface area contributed by atoms with E-state index in [0.29, 0.717) is 6.54 Å². The average Bonchev–Trinajstić information content (AvgIpc) is 2.41. The molecule has 0 aliphatic carbocycles. The van der Waals surface area contributed by atoms with Crippen LogP contribution in [0.1, 0.15) is 18.9 Å². The molecule has 1 rings (SSSR count). The molecule has 6 nitrogen and oxygen atoms in total. The lowest BCUT2D eigenvalue weighted by atomic mass is 10.2. The number of nitrogens with one attached hydrogen (secondary N) is 1. The van der Waals surface area contributed by atoms with E-state index in [-0.39, 0.29) is 17.8 Å². The van der Waals surface area contributed by atoms with E-state index in [1.54, 1.807) is 12.1 Å². The summed E-state index contributed by atoms with van der Waals surface area (Å²) < 4.78 is 24.6. The van der Waals surface area contributed by atoms with Crippen LogP contribution in [0.4, 0.5) is 5.69 Å². The van der Waals surface area contributed by atoms with Crippen LogP contribution in [0.15, 0.2) is 24.3 Å². The fraction of sp³-hybridized carbons (Fsp3) is 0.385. The molecule has 7 heteroatoms. The number of hydrogen-bond acceptors (Lipinski definition) is 4. The summed E-state index contributed by atoms with van der Waals surface area (Å²) >= 11 is 0. The maximum atomic E-state index is 11.8. The lowest BCUT2D eigenvalue weighted by molar-refractivity contribution is -0.119. The summed E-state index contributed by atoms with van der Waals surface area (Å²) in [5, 5.41) is 11.7. The molecule has 0 fully saturated rings. The number of hydrogen-bond donors (Lipinski definition) is 1. The minimum absolute atomic E-state index is 0.209. The number of para-hydroxylation sites is 1. The number of nitriles is 1. The van der Waals surface area contributed by atoms with Gasteiger partial charge in [0.1, 0.15) is 12.6 Å². The molecule has 108 valence electrons. The third-order valence-electron chi connectivity index (χ3n) is 2.55. The number of benzene rings is 1. The van der Waals surface area contributed by atoms with Gasteiger partial charge in [-0.2, -0.15) is 5.26 Å². The number of carbonyl (C=O) groups excluding carboxylic acids is 1. The zero-order valence-electron chi connectivity index (χ0n) is 11.5. The number of carbonyl (C=O) groups is 1. The molecule has 0 aromatic heterocycles. The van der Waals surface area contributed by atoms with Crippen molar-refractivity contribution in [1.82, 2.24) is 5.32 Å². The fourth-order valence-electron chi connectivity index (χ4n) is 1.62. The summed E-state index contributed by atoms with van der Waals surface area (Å²) in [5.74, 6) is -0.398. The number of amides is 1. The van der Waals surface area contributed by atoms with Crippen molar-refractivity contribution in [3.63, 3.8) is 0 Å². The predicted octanol–water partition coefficient (Wildman–Crippen LogP) is 0.850. The summed E-state index contributed by atoms with van der Waals surface area (Å²) in [5.41, 5.74) is 0.422. The number of rotatable bonds is 6. The third kappa shape index (κ3) is 4.24. The van der Waals surface area contributed by atoms with Crippen LogP contribution in [0.2, 0.25) is 0 Å². The van der Waals surface area contributed by atoms with Crippen molar-refractivity contribution in [2.75, 3.05) is 23.7 Å². The van der Waals surface area contributed by atoms with Crippen LogP contribution >= 0.6 is 0 Å². The Kier molecular flexibility index (Phi) is 5.53. The van der Waals surface area contributed by atoms with E-state index < -0.39 is 15.9 Å². The molecule has 0 saturated heterocycles. The molecule has 20 heavy (non-hydrogen) atoms. The monoisotopic (exact) mass is 295 g/mol. The zero-order valence-corrected chi connectivity index (χ0v) is 12.3. The Balaban J connectivity index is 3.09. The van der Waals surface area contributed by atoms with Crippen LogP contribution in [0.5, 0.6) is 0 Å². The molecule has 1 aromatic rings. The van der Waals surface area contributed by atoms with E-state index in [2.05, 4.69) is 5.32 Å². The second-order valence-electron chi connectivity index (χ2n) is 4.25. The van der Waals surface area contributed by atoms with Crippen LogP contribution in [-0.2, 0) is 14.8 Å². The molecule has 0 unspecified atom stereocenters. The highest BCUT2D eigenvalue weighted by atomic mass is 32.2. The van der Waals surface area contributed by atoms with E-state index in [1.807, 2.05) is 13.0 Å². The Labute approximate surface area is 119 Å². The predicted molar refractivity (Wildman–Crippen MR) is 76.6 cm³/mol. The van der Waals surface area contributed by atoms with E-state index in [0.717, 1.165) is 17.0 Å². The molecule has 0 aliphatic rings. The molecule has 0 spiro atoms. The highest BCUT2D eigenvalue weighted by molar-refractivity contribution is 7.92. The molecular formula is C13H17N3O3S. The van der Waals surface area contributed by atoms with Crippen molar-refractivity contribution >= 4 is 21.6 Å². The number of sulfonamides is 1. The van der Waals surface area contributed by atoms with Gasteiger partial charge in [0.25, 0.3) is 0 Å². The summed E-state index contributed by atoms with van der Waals surface area (Å²) in [6.07, 6.45) is 1.77. The van der Waals surface area contributed by atoms with Gasteiger partial charge < -0.3 is 5.32 Å². The van der Waals surface area contributed by atoms with Gasteiger partial charge in [-0.05, 0) is 18.6 Å². The second kappa shape index (κ2) is 6.91. The normalized spacial score (nSPS) is 10.7. The van der Waals surface area contributed by atoms with Gasteiger partial charge in [-0.3, -0.25) is 9.10 Å². The van der Waals surface area contributed by atoms with Crippen molar-refractivity contribution in [2.24, 2.45) is 0 Å². The van der Waals surface area contributed by atoms with Crippen LogP contribution in [-0.4, -0.2) is 33.7 Å². The largest absolute Gasteiger partial charge is 0.355 e. The molecule has 0 saturated carbocycles. The number of anilines is 1. The smallest absolute Gasteiger partial charge is 0.240 e. The topological polar surface area (TPSA) is 90.3 Å². The maximum Gasteiger partial charge on any atom is 0.240 e. The van der Waals surface area contributed by atoms with Crippen LogP contribution < -0.4 is 9.62 Å². The molecule has 1 amide bonds. The average molecular weight is 295 g/mol. The SMILES string of the molecule is CCCNC(=O)CN(c1ccccc1C#N)S(C)(=O)=O. The first-order chi connectivity index (χ1) is 9.40. The summed E-state index contributed by atoms with van der Waals surface area (Å²) in [4.78, 5) is 11.7. The maximum absolute atomic E-state index is 11.8. The molecule has 0 radical (unpaired) electrons. The molecule has 0 aliphatic heterocycles. The first-order valence-electron chi connectivity index (χ1n) is 6.13. The van der Waals surface area contributed by atoms with E-state index in [1.165, 1.54) is 12.1 Å². The van der Waals surface area contributed by atoms with Gasteiger partial charge in [0.15, 0.2) is 0 Å². The van der Waals surface area contributed by atoms with E-state index in [9.17, 15) is 13.2 Å². The molecule has 1 N–H and O–H groups in total. The standard InChI is InChI=1S/C13H17N3O3S/c1-3-8-15-13(17)10-16(20(2,18)19)12-7-5-4-6-11(12)9-14/h4-7H,3,8,10H2,1-2H3,(H,15,17). The van der Waals surface area contributed by atoms with Crippen LogP contribution in [0.3, 0.4) is 0 Å². The molecular weight excluding hydrogens is 278 g/mol. The quantitative estimate of drug-likeness (QED) is 0.842. The summed E-state index contributed by atoms with van der Waals surface area (Å²) in [7, 11) is -3.65. The first-order valence-corrected chi connectivity index (χ1v) is 7.98. The zero-order chi connectivity index (χ0) is 15.2. The highest BCUT2D eigenvalue weighted by Gasteiger charge is 2.22. The summed E-state index contributed by atoms with van der Waals surface area (Å²) in [6.45, 7) is 2.05. The van der Waals surface area contributed by atoms with Crippen molar-refractivity contribution in [3.05, 3.63) is 29.8 Å². The van der Waals surface area contributed by atoms with Gasteiger partial charge in [0.2, 0.25) is 15.9 Å². The van der Waals surface area contributed by atoms with Crippen molar-refractivity contribution in [1.29, 1.82) is 5.26 Å². The van der Waals surface area contributed by atoms with Gasteiger partial charge in [0, 0.05) is 6.54 Å². The second-order valence-corrected chi connectivity index (χ2v) is 6.16. The van der Waals surface area contributed by atoms with Crippen molar-refractivity contribution in [3.8, 4) is 6.07 Å². The molecule has 0 atom stereocenters. The Morgan fingerprint density at radius 1 is 1.40 bits per heavy atom. The fourth-order valence-corrected chi connectivity index (χ4v) is 2.49. The van der Waals surface area contributed by atoms with Gasteiger partial charge in [-0.1, -0.05) is 19.1 Å². The van der Waals surface area contributed by atoms with Crippen molar-refractivity contribution < 1.29 is 13.2 Å². The van der Waals surface area contributed by atoms with Crippen LogP contribution in [0.25, 0.3) is 0 Å². The van der Waals surface area contributed by atoms with Gasteiger partial charge >= 0.3 is 0 Å². The minimum Gasteiger partial charge on any atom is -0.355 e. The Bertz CT molecular complexity index is 620. The summed E-state index contributed by atoms with van der Waals surface area (Å²) in [6, 6.07) is 8.21. The Morgan fingerprint density at radius 3 is 2.60 bits per heavy atom. The van der Waals surface area contributed by atoms with Gasteiger partial charge in [0.05, 0.1) is 17.5 Å². The Morgan fingerprint density at radius 2 is 2.05 bits per heavy atom. The minimum atomic E-state index is -3.65. The van der Waals surface area contributed by atoms with Gasteiger partial charge in [-0.15, -0.1) is 0 Å². The van der Waals surface area contributed by atoms with Gasteiger partial charge in [-0.25, -0.2) is 8.42 Å². The van der Waals surface area contributed by atoms with E-state index in [4.69, 9.17) is 5.26 Å². The number of nitrogens with zero attached hydrogens (tertiary/aromatic N) is 2. The van der Waals surface area contributed by atoms with Crippen molar-refractivity contribution in [2.45, 2.75) is 13.3 Å². The molecule has 0 heterocycles. The van der Waals surface area contributed by atoms with E-state index >= 15 is 0 Å². The molecule has 0 bridgehead atoms. The third-order valence-corrected chi connectivity index (χ3v) is 3.68. The lowest BCUT2D eigenvalue weighted by Crippen LogP contribution is -2.40. The lowest BCUT2D eigenvalue weighted by Gasteiger charge is -2.22.